The standard InChI is InChI=1S/C16H25N3O/c1-4-16(9-6-10-17-12-16)15(20)18-13-7-5-8-14(11-13)19(2)3/h5,7-8,11,17H,4,6,9-10,12H2,1-3H3,(H,18,20). The van der Waals surface area contributed by atoms with E-state index in [9.17, 15) is 4.79 Å². The third-order valence-electron chi connectivity index (χ3n) is 4.25. The molecule has 110 valence electrons. The first-order valence-corrected chi connectivity index (χ1v) is 7.37. The maximum atomic E-state index is 12.6. The molecule has 1 aromatic carbocycles. The van der Waals surface area contributed by atoms with Gasteiger partial charge in [0.25, 0.3) is 0 Å². The number of benzene rings is 1. The lowest BCUT2D eigenvalue weighted by Gasteiger charge is -2.35. The lowest BCUT2D eigenvalue weighted by molar-refractivity contribution is -0.126. The third kappa shape index (κ3) is 3.12. The molecule has 4 nitrogen and oxygen atoms in total. The Balaban J connectivity index is 2.12. The predicted molar refractivity (Wildman–Crippen MR) is 84.2 cm³/mol. The normalized spacial score (nSPS) is 22.4. The van der Waals surface area contributed by atoms with Crippen LogP contribution in [-0.4, -0.2) is 33.1 Å². The van der Waals surface area contributed by atoms with Gasteiger partial charge in [-0.1, -0.05) is 13.0 Å². The minimum absolute atomic E-state index is 0.142. The summed E-state index contributed by atoms with van der Waals surface area (Å²) in [5, 5.41) is 6.45. The maximum Gasteiger partial charge on any atom is 0.231 e. The molecule has 4 heteroatoms. The summed E-state index contributed by atoms with van der Waals surface area (Å²) in [7, 11) is 4.00. The van der Waals surface area contributed by atoms with Gasteiger partial charge in [-0.05, 0) is 44.0 Å². The van der Waals surface area contributed by atoms with Gasteiger partial charge in [0.2, 0.25) is 5.91 Å². The van der Waals surface area contributed by atoms with Crippen LogP contribution in [0.1, 0.15) is 26.2 Å². The highest BCUT2D eigenvalue weighted by Crippen LogP contribution is 2.32. The summed E-state index contributed by atoms with van der Waals surface area (Å²) < 4.78 is 0. The fourth-order valence-electron chi connectivity index (χ4n) is 2.75. The van der Waals surface area contributed by atoms with Crippen molar-refractivity contribution in [1.29, 1.82) is 0 Å². The van der Waals surface area contributed by atoms with E-state index in [1.807, 2.05) is 43.3 Å². The number of nitrogens with zero attached hydrogens (tertiary/aromatic N) is 1. The van der Waals surface area contributed by atoms with E-state index in [-0.39, 0.29) is 11.3 Å². The molecule has 0 saturated carbocycles. The average Bonchev–Trinajstić information content (AvgIpc) is 2.48. The second-order valence-electron chi connectivity index (χ2n) is 5.81. The van der Waals surface area contributed by atoms with Gasteiger partial charge in [0.05, 0.1) is 5.41 Å². The summed E-state index contributed by atoms with van der Waals surface area (Å²) in [5.74, 6) is 0.142. The number of carbonyl (C=O) groups is 1. The molecule has 0 aliphatic carbocycles. The monoisotopic (exact) mass is 275 g/mol. The van der Waals surface area contributed by atoms with Crippen molar-refractivity contribution >= 4 is 17.3 Å². The van der Waals surface area contributed by atoms with E-state index >= 15 is 0 Å². The summed E-state index contributed by atoms with van der Waals surface area (Å²) in [5.41, 5.74) is 1.71. The van der Waals surface area contributed by atoms with Gasteiger partial charge in [-0.3, -0.25) is 4.79 Å². The number of hydrogen-bond donors (Lipinski definition) is 2. The van der Waals surface area contributed by atoms with Crippen LogP contribution in [0.3, 0.4) is 0 Å². The van der Waals surface area contributed by atoms with Crippen molar-refractivity contribution < 1.29 is 4.79 Å². The van der Waals surface area contributed by atoms with E-state index in [2.05, 4.69) is 17.6 Å². The molecule has 0 spiro atoms. The van der Waals surface area contributed by atoms with Crippen LogP contribution in [0, 0.1) is 5.41 Å². The van der Waals surface area contributed by atoms with Crippen molar-refractivity contribution in [3.05, 3.63) is 24.3 Å². The number of carbonyl (C=O) groups excluding carboxylic acids is 1. The van der Waals surface area contributed by atoms with Crippen molar-refractivity contribution in [2.75, 3.05) is 37.4 Å². The Kier molecular flexibility index (Phi) is 4.65. The average molecular weight is 275 g/mol. The second kappa shape index (κ2) is 6.27. The molecule has 1 atom stereocenters. The minimum atomic E-state index is -0.258. The number of piperidine rings is 1. The Hall–Kier alpha value is -1.55. The van der Waals surface area contributed by atoms with E-state index in [1.165, 1.54) is 0 Å². The van der Waals surface area contributed by atoms with E-state index in [4.69, 9.17) is 0 Å². The highest BCUT2D eigenvalue weighted by molar-refractivity contribution is 5.96. The summed E-state index contributed by atoms with van der Waals surface area (Å²) in [6, 6.07) is 7.97. The third-order valence-corrected chi connectivity index (χ3v) is 4.25. The van der Waals surface area contributed by atoms with Crippen molar-refractivity contribution in [3.63, 3.8) is 0 Å². The van der Waals surface area contributed by atoms with Crippen molar-refractivity contribution in [3.8, 4) is 0 Å². The van der Waals surface area contributed by atoms with Gasteiger partial charge in [0, 0.05) is 32.0 Å². The molecule has 1 unspecified atom stereocenters. The molecule has 2 rings (SSSR count). The zero-order valence-corrected chi connectivity index (χ0v) is 12.7. The van der Waals surface area contributed by atoms with Crippen LogP contribution in [0.5, 0.6) is 0 Å². The molecule has 1 saturated heterocycles. The van der Waals surface area contributed by atoms with Gasteiger partial charge in [-0.15, -0.1) is 0 Å². The Bertz CT molecular complexity index is 465. The Morgan fingerprint density at radius 2 is 2.25 bits per heavy atom. The largest absolute Gasteiger partial charge is 0.378 e. The van der Waals surface area contributed by atoms with Crippen LogP contribution < -0.4 is 15.5 Å². The van der Waals surface area contributed by atoms with Gasteiger partial charge in [0.1, 0.15) is 0 Å². The first kappa shape index (κ1) is 14.9. The van der Waals surface area contributed by atoms with Gasteiger partial charge >= 0.3 is 0 Å². The summed E-state index contributed by atoms with van der Waals surface area (Å²) in [6.07, 6.45) is 2.91. The molecule has 0 aromatic heterocycles. The van der Waals surface area contributed by atoms with E-state index in [0.29, 0.717) is 0 Å². The van der Waals surface area contributed by atoms with Gasteiger partial charge in [0.15, 0.2) is 0 Å². The van der Waals surface area contributed by atoms with Crippen molar-refractivity contribution in [2.45, 2.75) is 26.2 Å². The highest BCUT2D eigenvalue weighted by atomic mass is 16.2. The SMILES string of the molecule is CCC1(C(=O)Nc2cccc(N(C)C)c2)CCCNC1. The van der Waals surface area contributed by atoms with Crippen LogP contribution in [0.15, 0.2) is 24.3 Å². The predicted octanol–water partition coefficient (Wildman–Crippen LogP) is 2.47. The molecular formula is C16H25N3O. The lowest BCUT2D eigenvalue weighted by atomic mass is 9.77. The van der Waals surface area contributed by atoms with Crippen LogP contribution >= 0.6 is 0 Å². The molecule has 1 aliphatic heterocycles. The molecule has 2 N–H and O–H groups in total. The molecule has 0 bridgehead atoms. The molecule has 1 amide bonds. The van der Waals surface area contributed by atoms with E-state index in [1.54, 1.807) is 0 Å². The summed E-state index contributed by atoms with van der Waals surface area (Å²) >= 11 is 0. The Morgan fingerprint density at radius 1 is 1.45 bits per heavy atom. The molecule has 1 aromatic rings. The number of anilines is 2. The fraction of sp³-hybridized carbons (Fsp3) is 0.562. The topological polar surface area (TPSA) is 44.4 Å². The number of amides is 1. The zero-order chi connectivity index (χ0) is 14.6. The molecule has 20 heavy (non-hydrogen) atoms. The van der Waals surface area contributed by atoms with Crippen LogP contribution in [0.25, 0.3) is 0 Å². The Morgan fingerprint density at radius 3 is 2.85 bits per heavy atom. The Labute approximate surface area is 121 Å². The molecule has 1 aliphatic rings. The van der Waals surface area contributed by atoms with Crippen LogP contribution in [0.2, 0.25) is 0 Å². The van der Waals surface area contributed by atoms with E-state index in [0.717, 1.165) is 43.7 Å². The first-order valence-electron chi connectivity index (χ1n) is 7.37. The first-order chi connectivity index (χ1) is 9.57. The fourth-order valence-corrected chi connectivity index (χ4v) is 2.75. The van der Waals surface area contributed by atoms with Crippen LogP contribution in [0.4, 0.5) is 11.4 Å². The lowest BCUT2D eigenvalue weighted by Crippen LogP contribution is -2.47. The van der Waals surface area contributed by atoms with Gasteiger partial charge in [-0.25, -0.2) is 0 Å². The smallest absolute Gasteiger partial charge is 0.231 e. The van der Waals surface area contributed by atoms with Crippen molar-refractivity contribution in [1.82, 2.24) is 5.32 Å². The second-order valence-corrected chi connectivity index (χ2v) is 5.81. The number of rotatable bonds is 4. The number of hydrogen-bond acceptors (Lipinski definition) is 3. The summed E-state index contributed by atoms with van der Waals surface area (Å²) in [6.45, 7) is 3.90. The zero-order valence-electron chi connectivity index (χ0n) is 12.7. The number of nitrogens with one attached hydrogen (secondary N) is 2. The van der Waals surface area contributed by atoms with Gasteiger partial charge < -0.3 is 15.5 Å². The quantitative estimate of drug-likeness (QED) is 0.887. The van der Waals surface area contributed by atoms with Crippen molar-refractivity contribution in [2.24, 2.45) is 5.41 Å². The summed E-state index contributed by atoms with van der Waals surface area (Å²) in [4.78, 5) is 14.7. The van der Waals surface area contributed by atoms with E-state index < -0.39 is 0 Å². The highest BCUT2D eigenvalue weighted by Gasteiger charge is 2.37. The van der Waals surface area contributed by atoms with Gasteiger partial charge in [-0.2, -0.15) is 0 Å². The minimum Gasteiger partial charge on any atom is -0.378 e. The molecule has 0 radical (unpaired) electrons. The van der Waals surface area contributed by atoms with Crippen LogP contribution in [-0.2, 0) is 4.79 Å². The maximum absolute atomic E-state index is 12.6. The molecule has 1 heterocycles. The molecular weight excluding hydrogens is 250 g/mol. The molecule has 1 fully saturated rings.